The van der Waals surface area contributed by atoms with Crippen molar-refractivity contribution < 1.29 is 23.9 Å². The molecule has 0 fully saturated rings. The lowest BCUT2D eigenvalue weighted by Crippen LogP contribution is -2.00. The fourth-order valence-corrected chi connectivity index (χ4v) is 7.04. The van der Waals surface area contributed by atoms with Crippen molar-refractivity contribution >= 4 is 43.9 Å². The zero-order valence-electron chi connectivity index (χ0n) is 40.2. The van der Waals surface area contributed by atoms with Crippen LogP contribution in [0, 0.1) is 0 Å². The first-order valence-corrected chi connectivity index (χ1v) is 17.8. The molecule has 0 spiro atoms. The van der Waals surface area contributed by atoms with E-state index in [2.05, 4.69) is 0 Å². The summed E-state index contributed by atoms with van der Waals surface area (Å²) in [5.41, 5.74) is 4.80. The monoisotopic (exact) mass is 728 g/mol. The second-order valence-electron chi connectivity index (χ2n) is 13.1. The Hall–Kier alpha value is -7.63. The Morgan fingerprint density at radius 2 is 0.982 bits per heavy atom. The van der Waals surface area contributed by atoms with Crippen molar-refractivity contribution in [2.75, 3.05) is 0 Å². The second-order valence-corrected chi connectivity index (χ2v) is 13.1. The molecule has 3 aromatic heterocycles. The van der Waals surface area contributed by atoms with E-state index in [1.54, 1.807) is 6.07 Å². The van der Waals surface area contributed by atoms with E-state index in [-0.39, 0.29) is 50.5 Å². The first kappa shape index (κ1) is 22.6. The molecule has 0 aliphatic rings. The van der Waals surface area contributed by atoms with Crippen LogP contribution in [0.4, 0.5) is 0 Å². The van der Waals surface area contributed by atoms with Crippen LogP contribution < -0.4 is 0 Å². The van der Waals surface area contributed by atoms with Crippen LogP contribution in [-0.4, -0.2) is 15.0 Å². The van der Waals surface area contributed by atoms with Gasteiger partial charge < -0.3 is 8.83 Å². The minimum absolute atomic E-state index is 0.137. The van der Waals surface area contributed by atoms with Gasteiger partial charge in [0.1, 0.15) is 22.3 Å². The zero-order valence-corrected chi connectivity index (χ0v) is 29.2. The fraction of sp³-hybridized carbons (Fsp3) is 0. The Balaban J connectivity index is 1.14. The smallest absolute Gasteiger partial charge is 0.164 e. The molecule has 8 aromatic carbocycles. The lowest BCUT2D eigenvalue weighted by Gasteiger charge is -2.09. The lowest BCUT2D eigenvalue weighted by atomic mass is 9.99. The van der Waals surface area contributed by atoms with Crippen molar-refractivity contribution in [2.45, 2.75) is 0 Å². The average Bonchev–Trinajstić information content (AvgIpc) is 3.94. The van der Waals surface area contributed by atoms with Crippen molar-refractivity contribution in [1.82, 2.24) is 15.0 Å². The van der Waals surface area contributed by atoms with Crippen LogP contribution in [0.5, 0.6) is 0 Å². The predicted molar refractivity (Wildman–Crippen MR) is 227 cm³/mol. The minimum atomic E-state index is -0.693. The third-order valence-electron chi connectivity index (χ3n) is 9.77. The van der Waals surface area contributed by atoms with Gasteiger partial charge in [0.25, 0.3) is 0 Å². The summed E-state index contributed by atoms with van der Waals surface area (Å²) in [6.45, 7) is 0. The molecule has 5 heteroatoms. The molecule has 0 aliphatic carbocycles. The number of furan rings is 2. The molecule has 0 bridgehead atoms. The van der Waals surface area contributed by atoms with E-state index in [0.29, 0.717) is 22.3 Å². The summed E-state index contributed by atoms with van der Waals surface area (Å²) < 4.78 is 110. The molecular formula is C51H31N3O2. The zero-order chi connectivity index (χ0) is 46.6. The van der Waals surface area contributed by atoms with Crippen LogP contribution >= 0.6 is 0 Å². The van der Waals surface area contributed by atoms with E-state index < -0.39 is 72.0 Å². The molecule has 11 aromatic rings. The normalized spacial score (nSPS) is 14.3. The predicted octanol–water partition coefficient (Wildman–Crippen LogP) is 13.7. The average molecular weight is 729 g/mol. The first-order valence-electron chi connectivity index (χ1n) is 23.3. The lowest BCUT2D eigenvalue weighted by molar-refractivity contribution is 0.668. The van der Waals surface area contributed by atoms with E-state index in [1.165, 1.54) is 0 Å². The van der Waals surface area contributed by atoms with Crippen LogP contribution in [0.2, 0.25) is 0 Å². The molecule has 0 saturated carbocycles. The highest BCUT2D eigenvalue weighted by Crippen LogP contribution is 2.39. The van der Waals surface area contributed by atoms with Gasteiger partial charge in [-0.15, -0.1) is 0 Å². The van der Waals surface area contributed by atoms with Gasteiger partial charge in [-0.1, -0.05) is 139 Å². The van der Waals surface area contributed by atoms with Crippen molar-refractivity contribution in [3.8, 4) is 67.5 Å². The summed E-state index contributed by atoms with van der Waals surface area (Å²) in [7, 11) is 0. The van der Waals surface area contributed by atoms with Crippen LogP contribution in [-0.2, 0) is 0 Å². The molecule has 5 nitrogen and oxygen atoms in total. The van der Waals surface area contributed by atoms with Crippen LogP contribution in [0.15, 0.2) is 197 Å². The Morgan fingerprint density at radius 1 is 0.357 bits per heavy atom. The SMILES string of the molecule is [2H]c1c([2H])c([2H])c(-c2c([2H])c([2H])c([2H])c3oc4c([2H])c(-c5nc(-c6ccc(-c7ccccc7)cc6)nc(-c6ccc7oc8cc(-c9ccccc9)ccc8c7c6)n5)c([2H])c([2H])c4c23)c([2H])c1[2H]. The van der Waals surface area contributed by atoms with Gasteiger partial charge in [0.2, 0.25) is 0 Å². The van der Waals surface area contributed by atoms with Crippen molar-refractivity contribution in [3.05, 3.63) is 188 Å². The summed E-state index contributed by atoms with van der Waals surface area (Å²) in [4.78, 5) is 14.6. The standard InChI is InChI=1S/C51H31N3O2/c1-4-11-32(12-5-1)34-19-21-36(22-20-34)49-52-50(38-25-28-44-43(29-38)41-26-23-37(30-46(41)55-44)33-13-6-2-7-14-33)54-51(53-49)39-24-27-42-47(31-39)56-45-18-10-17-40(48(42)45)35-15-8-3-9-16-35/h1-31H/i3D,8D,9D,10D,15D,16D,17D,18D,24D,27D,31D. The van der Waals surface area contributed by atoms with Gasteiger partial charge in [0.05, 0.1) is 15.1 Å². The molecule has 0 atom stereocenters. The number of benzene rings is 8. The van der Waals surface area contributed by atoms with E-state index in [4.69, 9.17) is 34.8 Å². The maximum atomic E-state index is 9.59. The van der Waals surface area contributed by atoms with Gasteiger partial charge >= 0.3 is 0 Å². The van der Waals surface area contributed by atoms with E-state index >= 15 is 0 Å². The Bertz CT molecular complexity index is 3850. The quantitative estimate of drug-likeness (QED) is 0.171. The van der Waals surface area contributed by atoms with Crippen LogP contribution in [0.1, 0.15) is 15.1 Å². The van der Waals surface area contributed by atoms with Crippen molar-refractivity contribution in [3.63, 3.8) is 0 Å². The molecule has 0 aliphatic heterocycles. The highest BCUT2D eigenvalue weighted by molar-refractivity contribution is 6.13. The van der Waals surface area contributed by atoms with E-state index in [0.717, 1.165) is 33.0 Å². The molecule has 262 valence electrons. The first-order chi connectivity index (χ1) is 32.3. The molecule has 0 radical (unpaired) electrons. The van der Waals surface area contributed by atoms with Crippen molar-refractivity contribution in [2.24, 2.45) is 0 Å². The third kappa shape index (κ3) is 5.53. The molecule has 0 unspecified atom stereocenters. The van der Waals surface area contributed by atoms with Crippen LogP contribution in [0.3, 0.4) is 0 Å². The van der Waals surface area contributed by atoms with Crippen molar-refractivity contribution in [1.29, 1.82) is 0 Å². The van der Waals surface area contributed by atoms with Crippen LogP contribution in [0.25, 0.3) is 111 Å². The van der Waals surface area contributed by atoms with Gasteiger partial charge in [-0.2, -0.15) is 0 Å². The largest absolute Gasteiger partial charge is 0.456 e. The Labute approximate surface area is 337 Å². The summed E-state index contributed by atoms with van der Waals surface area (Å²) in [5.74, 6) is 0.254. The third-order valence-corrected chi connectivity index (χ3v) is 9.77. The van der Waals surface area contributed by atoms with Gasteiger partial charge in [-0.3, -0.25) is 0 Å². The fourth-order valence-electron chi connectivity index (χ4n) is 7.04. The molecule has 0 amide bonds. The summed E-state index contributed by atoms with van der Waals surface area (Å²) in [6, 6.07) is 32.1. The molecule has 3 heterocycles. The topological polar surface area (TPSA) is 65.0 Å². The van der Waals surface area contributed by atoms with E-state index in [9.17, 15) is 4.11 Å². The molecule has 0 N–H and O–H groups in total. The number of nitrogens with zero attached hydrogens (tertiary/aromatic N) is 3. The Morgan fingerprint density at radius 3 is 1.75 bits per heavy atom. The molecular weight excluding hydrogens is 687 g/mol. The van der Waals surface area contributed by atoms with Gasteiger partial charge in [0.15, 0.2) is 17.5 Å². The minimum Gasteiger partial charge on any atom is -0.456 e. The summed E-state index contributed by atoms with van der Waals surface area (Å²) in [6.07, 6.45) is 0. The number of aromatic nitrogens is 3. The molecule has 0 saturated heterocycles. The second kappa shape index (κ2) is 13.0. The van der Waals surface area contributed by atoms with Gasteiger partial charge in [0, 0.05) is 38.2 Å². The maximum absolute atomic E-state index is 9.59. The maximum Gasteiger partial charge on any atom is 0.164 e. The Kier molecular flexibility index (Phi) is 5.25. The number of hydrogen-bond donors (Lipinski definition) is 0. The highest BCUT2D eigenvalue weighted by atomic mass is 16.3. The number of hydrogen-bond acceptors (Lipinski definition) is 5. The van der Waals surface area contributed by atoms with E-state index in [1.807, 2.05) is 115 Å². The summed E-state index contributed by atoms with van der Waals surface area (Å²) in [5, 5.41) is 1.24. The molecule has 11 rings (SSSR count). The molecule has 56 heavy (non-hydrogen) atoms. The van der Waals surface area contributed by atoms with Gasteiger partial charge in [-0.05, 0) is 81.8 Å². The van der Waals surface area contributed by atoms with Gasteiger partial charge in [-0.25, -0.2) is 15.0 Å². The number of rotatable bonds is 6. The summed E-state index contributed by atoms with van der Waals surface area (Å²) >= 11 is 0. The number of fused-ring (bicyclic) bond motifs is 6. The highest BCUT2D eigenvalue weighted by Gasteiger charge is 2.18.